The molecule has 98 valence electrons. The first-order valence-corrected chi connectivity index (χ1v) is 5.86. The van der Waals surface area contributed by atoms with Crippen LogP contribution >= 0.6 is 0 Å². The maximum atomic E-state index is 11.1. The van der Waals surface area contributed by atoms with E-state index in [-0.39, 0.29) is 11.9 Å². The minimum Gasteiger partial charge on any atom is -0.432 e. The molecule has 0 aliphatic rings. The lowest BCUT2D eigenvalue weighted by atomic mass is 10.2. The number of fused-ring (bicyclic) bond motifs is 3. The van der Waals surface area contributed by atoms with Crippen molar-refractivity contribution in [1.82, 2.24) is 14.8 Å². The highest BCUT2D eigenvalue weighted by molar-refractivity contribution is 6.03. The van der Waals surface area contributed by atoms with Gasteiger partial charge in [0.2, 0.25) is 0 Å². The third kappa shape index (κ3) is 1.84. The van der Waals surface area contributed by atoms with Gasteiger partial charge in [0.05, 0.1) is 18.3 Å². The molecular weight excluding hydrogens is 246 g/mol. The summed E-state index contributed by atoms with van der Waals surface area (Å²) >= 11 is 0. The van der Waals surface area contributed by atoms with E-state index in [4.69, 9.17) is 15.9 Å². The lowest BCUT2D eigenvalue weighted by molar-refractivity contribution is 0.0969. The number of nitrogens with zero attached hydrogens (tertiary/aromatic N) is 3. The van der Waals surface area contributed by atoms with Crippen LogP contribution in [0.5, 0.6) is 0 Å². The Morgan fingerprint density at radius 2 is 2.32 bits per heavy atom. The van der Waals surface area contributed by atoms with E-state index in [0.29, 0.717) is 17.6 Å². The minimum absolute atomic E-state index is 0.0409. The van der Waals surface area contributed by atoms with Crippen LogP contribution < -0.4 is 11.5 Å². The largest absolute Gasteiger partial charge is 0.432 e. The van der Waals surface area contributed by atoms with Crippen molar-refractivity contribution in [3.05, 3.63) is 24.2 Å². The Morgan fingerprint density at radius 1 is 1.53 bits per heavy atom. The van der Waals surface area contributed by atoms with Crippen LogP contribution in [0.2, 0.25) is 0 Å². The summed E-state index contributed by atoms with van der Waals surface area (Å²) in [5.74, 6) is -0.793. The van der Waals surface area contributed by atoms with E-state index in [2.05, 4.69) is 10.1 Å². The van der Waals surface area contributed by atoms with Crippen molar-refractivity contribution in [2.75, 3.05) is 0 Å². The summed E-state index contributed by atoms with van der Waals surface area (Å²) < 4.78 is 7.07. The molecular formula is C12H13N5O2. The first-order chi connectivity index (χ1) is 9.06. The maximum absolute atomic E-state index is 11.1. The van der Waals surface area contributed by atoms with Gasteiger partial charge in [0.1, 0.15) is 5.52 Å². The molecule has 2 aromatic heterocycles. The van der Waals surface area contributed by atoms with Crippen molar-refractivity contribution in [3.63, 3.8) is 0 Å². The Balaban J connectivity index is 2.30. The van der Waals surface area contributed by atoms with Crippen LogP contribution in [0.4, 0.5) is 0 Å². The van der Waals surface area contributed by atoms with Gasteiger partial charge in [0, 0.05) is 11.4 Å². The summed E-state index contributed by atoms with van der Waals surface area (Å²) in [6.45, 7) is 2.45. The van der Waals surface area contributed by atoms with Gasteiger partial charge in [-0.15, -0.1) is 0 Å². The Bertz CT molecular complexity index is 771. The van der Waals surface area contributed by atoms with E-state index in [1.54, 1.807) is 16.9 Å². The Labute approximate surface area is 108 Å². The SMILES string of the molecule is C[C@H](N)Cn1ncc2ccc3oc(C(N)=O)nc3c21. The van der Waals surface area contributed by atoms with E-state index in [9.17, 15) is 4.79 Å². The molecule has 0 saturated carbocycles. The van der Waals surface area contributed by atoms with Gasteiger partial charge in [0.15, 0.2) is 5.58 Å². The van der Waals surface area contributed by atoms with E-state index in [0.717, 1.165) is 10.9 Å². The summed E-state index contributed by atoms with van der Waals surface area (Å²) in [5, 5.41) is 5.19. The first-order valence-electron chi connectivity index (χ1n) is 5.86. The van der Waals surface area contributed by atoms with Gasteiger partial charge in [-0.25, -0.2) is 4.98 Å². The zero-order valence-electron chi connectivity index (χ0n) is 10.3. The highest BCUT2D eigenvalue weighted by Gasteiger charge is 2.16. The molecule has 7 heteroatoms. The molecule has 4 N–H and O–H groups in total. The van der Waals surface area contributed by atoms with E-state index < -0.39 is 5.91 Å². The topological polar surface area (TPSA) is 113 Å². The molecule has 1 atom stereocenters. The third-order valence-electron chi connectivity index (χ3n) is 2.83. The summed E-state index contributed by atoms with van der Waals surface area (Å²) in [4.78, 5) is 15.3. The Kier molecular flexibility index (Phi) is 2.49. The zero-order valence-corrected chi connectivity index (χ0v) is 10.3. The fourth-order valence-corrected chi connectivity index (χ4v) is 2.08. The van der Waals surface area contributed by atoms with Crippen LogP contribution in [0.1, 0.15) is 17.6 Å². The number of rotatable bonds is 3. The smallest absolute Gasteiger partial charge is 0.304 e. The van der Waals surface area contributed by atoms with E-state index >= 15 is 0 Å². The van der Waals surface area contributed by atoms with Crippen molar-refractivity contribution in [3.8, 4) is 0 Å². The summed E-state index contributed by atoms with van der Waals surface area (Å²) in [7, 11) is 0. The standard InChI is InChI=1S/C12H13N5O2/c1-6(13)5-17-10-7(4-15-17)2-3-8-9(10)16-12(19-8)11(14)18/h2-4,6H,5,13H2,1H3,(H2,14,18)/t6-/m0/s1. The quantitative estimate of drug-likeness (QED) is 0.716. The van der Waals surface area contributed by atoms with E-state index in [1.807, 2.05) is 13.0 Å². The number of hydrogen-bond donors (Lipinski definition) is 2. The molecule has 0 fully saturated rings. The Morgan fingerprint density at radius 3 is 3.00 bits per heavy atom. The number of oxazole rings is 1. The second kappa shape index (κ2) is 4.06. The second-order valence-corrected chi connectivity index (χ2v) is 4.54. The number of benzene rings is 1. The fraction of sp³-hybridized carbons (Fsp3) is 0.250. The van der Waals surface area contributed by atoms with Crippen LogP contribution in [0.15, 0.2) is 22.7 Å². The van der Waals surface area contributed by atoms with Gasteiger partial charge in [-0.3, -0.25) is 9.48 Å². The van der Waals surface area contributed by atoms with Crippen LogP contribution in [0, 0.1) is 0 Å². The van der Waals surface area contributed by atoms with Crippen molar-refractivity contribution >= 4 is 27.9 Å². The molecule has 3 aromatic rings. The van der Waals surface area contributed by atoms with Gasteiger partial charge in [-0.1, -0.05) is 0 Å². The lowest BCUT2D eigenvalue weighted by Crippen LogP contribution is -2.22. The number of hydrogen-bond acceptors (Lipinski definition) is 5. The normalized spacial score (nSPS) is 13.2. The molecule has 1 aromatic carbocycles. The van der Waals surface area contributed by atoms with E-state index in [1.165, 1.54) is 0 Å². The molecule has 7 nitrogen and oxygen atoms in total. The molecule has 0 bridgehead atoms. The summed E-state index contributed by atoms with van der Waals surface area (Å²) in [6.07, 6.45) is 1.73. The number of carbonyl (C=O) groups excluding carboxylic acids is 1. The van der Waals surface area contributed by atoms with Crippen molar-refractivity contribution < 1.29 is 9.21 Å². The first kappa shape index (κ1) is 11.7. The molecule has 3 rings (SSSR count). The molecule has 0 unspecified atom stereocenters. The van der Waals surface area contributed by atoms with Crippen molar-refractivity contribution in [2.45, 2.75) is 19.5 Å². The second-order valence-electron chi connectivity index (χ2n) is 4.54. The number of nitrogens with two attached hydrogens (primary N) is 2. The highest BCUT2D eigenvalue weighted by Crippen LogP contribution is 2.25. The zero-order chi connectivity index (χ0) is 13.6. The molecule has 0 spiro atoms. The van der Waals surface area contributed by atoms with Crippen LogP contribution in [0.25, 0.3) is 22.0 Å². The monoisotopic (exact) mass is 259 g/mol. The summed E-state index contributed by atoms with van der Waals surface area (Å²) in [6, 6.07) is 3.56. The predicted molar refractivity (Wildman–Crippen MR) is 69.5 cm³/mol. The molecule has 1 amide bonds. The van der Waals surface area contributed by atoms with Gasteiger partial charge >= 0.3 is 5.91 Å². The Hall–Kier alpha value is -2.41. The van der Waals surface area contributed by atoms with Gasteiger partial charge in [-0.05, 0) is 19.1 Å². The minimum atomic E-state index is -0.692. The maximum Gasteiger partial charge on any atom is 0.304 e. The average molecular weight is 259 g/mol. The van der Waals surface area contributed by atoms with Crippen molar-refractivity contribution in [2.24, 2.45) is 11.5 Å². The highest BCUT2D eigenvalue weighted by atomic mass is 16.4. The van der Waals surface area contributed by atoms with Crippen LogP contribution in [-0.2, 0) is 6.54 Å². The van der Waals surface area contributed by atoms with Gasteiger partial charge in [-0.2, -0.15) is 5.10 Å². The van der Waals surface area contributed by atoms with Gasteiger partial charge < -0.3 is 15.9 Å². The fourth-order valence-electron chi connectivity index (χ4n) is 2.08. The third-order valence-corrected chi connectivity index (χ3v) is 2.83. The number of primary amides is 1. The molecule has 0 saturated heterocycles. The molecule has 2 heterocycles. The average Bonchev–Trinajstić information content (AvgIpc) is 2.91. The van der Waals surface area contributed by atoms with Crippen molar-refractivity contribution in [1.29, 1.82) is 0 Å². The van der Waals surface area contributed by atoms with Gasteiger partial charge in [0.25, 0.3) is 5.89 Å². The number of aromatic nitrogens is 3. The van der Waals surface area contributed by atoms with Crippen LogP contribution in [0.3, 0.4) is 0 Å². The summed E-state index contributed by atoms with van der Waals surface area (Å²) in [5.41, 5.74) is 12.8. The molecule has 0 aliphatic heterocycles. The number of amides is 1. The van der Waals surface area contributed by atoms with Crippen LogP contribution in [-0.4, -0.2) is 26.7 Å². The molecule has 0 radical (unpaired) electrons. The molecule has 0 aliphatic carbocycles. The number of carbonyl (C=O) groups is 1. The predicted octanol–water partition coefficient (Wildman–Crippen LogP) is 0.624. The molecule has 19 heavy (non-hydrogen) atoms. The lowest BCUT2D eigenvalue weighted by Gasteiger charge is -2.06.